The first-order chi connectivity index (χ1) is 7.02. The van der Waals surface area contributed by atoms with Gasteiger partial charge in [0.05, 0.1) is 6.10 Å². The largest absolute Gasteiger partial charge is 0.391 e. The topological polar surface area (TPSA) is 23.5 Å². The van der Waals surface area contributed by atoms with Crippen LogP contribution >= 0.6 is 0 Å². The lowest BCUT2D eigenvalue weighted by Crippen LogP contribution is -2.50. The first-order valence-corrected chi connectivity index (χ1v) is 6.46. The Morgan fingerprint density at radius 2 is 1.73 bits per heavy atom. The second-order valence-electron chi connectivity index (χ2n) is 5.60. The van der Waals surface area contributed by atoms with Crippen LogP contribution in [0.2, 0.25) is 0 Å². The Balaban J connectivity index is 2.60. The van der Waals surface area contributed by atoms with Gasteiger partial charge in [0, 0.05) is 18.6 Å². The third-order valence-corrected chi connectivity index (χ3v) is 3.36. The molecule has 0 radical (unpaired) electrons. The van der Waals surface area contributed by atoms with Crippen LogP contribution in [0.3, 0.4) is 0 Å². The molecule has 2 nitrogen and oxygen atoms in total. The summed E-state index contributed by atoms with van der Waals surface area (Å²) in [5, 5.41) is 10.1. The molecule has 0 aromatic rings. The van der Waals surface area contributed by atoms with Gasteiger partial charge in [0.1, 0.15) is 0 Å². The maximum absolute atomic E-state index is 10.1. The molecule has 0 aliphatic heterocycles. The van der Waals surface area contributed by atoms with E-state index in [4.69, 9.17) is 0 Å². The second-order valence-corrected chi connectivity index (χ2v) is 5.60. The van der Waals surface area contributed by atoms with Crippen molar-refractivity contribution in [1.29, 1.82) is 0 Å². The molecule has 1 aliphatic rings. The molecular formula is C13H27NO. The fourth-order valence-electron chi connectivity index (χ4n) is 2.63. The van der Waals surface area contributed by atoms with E-state index in [9.17, 15) is 5.11 Å². The molecule has 0 unspecified atom stereocenters. The number of rotatable bonds is 4. The summed E-state index contributed by atoms with van der Waals surface area (Å²) in [6.45, 7) is 10.1. The number of aliphatic hydroxyl groups excluding tert-OH is 1. The summed E-state index contributed by atoms with van der Waals surface area (Å²) in [5.41, 5.74) is 0. The molecule has 1 aliphatic carbocycles. The van der Waals surface area contributed by atoms with Crippen LogP contribution in [-0.2, 0) is 0 Å². The van der Waals surface area contributed by atoms with Crippen LogP contribution in [0.5, 0.6) is 0 Å². The van der Waals surface area contributed by atoms with Gasteiger partial charge in [0.25, 0.3) is 0 Å². The van der Waals surface area contributed by atoms with Crippen molar-refractivity contribution < 1.29 is 5.11 Å². The second kappa shape index (κ2) is 5.86. The van der Waals surface area contributed by atoms with Crippen molar-refractivity contribution in [3.8, 4) is 0 Å². The Kier molecular flexibility index (Phi) is 5.07. The zero-order valence-electron chi connectivity index (χ0n) is 10.7. The molecule has 0 heterocycles. The summed E-state index contributed by atoms with van der Waals surface area (Å²) in [6.07, 6.45) is 4.55. The molecule has 15 heavy (non-hydrogen) atoms. The zero-order valence-corrected chi connectivity index (χ0v) is 10.7. The van der Waals surface area contributed by atoms with E-state index in [1.807, 2.05) is 0 Å². The van der Waals surface area contributed by atoms with Gasteiger partial charge >= 0.3 is 0 Å². The van der Waals surface area contributed by atoms with E-state index in [0.29, 0.717) is 18.0 Å². The van der Waals surface area contributed by atoms with Gasteiger partial charge in [-0.05, 0) is 32.6 Å². The Bertz CT molecular complexity index is 179. The van der Waals surface area contributed by atoms with Gasteiger partial charge in [0.15, 0.2) is 0 Å². The van der Waals surface area contributed by atoms with Gasteiger partial charge in [-0.15, -0.1) is 0 Å². The molecule has 1 fully saturated rings. The highest BCUT2D eigenvalue weighted by Crippen LogP contribution is 2.25. The maximum Gasteiger partial charge on any atom is 0.0695 e. The monoisotopic (exact) mass is 213 g/mol. The van der Waals surface area contributed by atoms with Crippen LogP contribution in [0, 0.1) is 5.92 Å². The summed E-state index contributed by atoms with van der Waals surface area (Å²) < 4.78 is 0. The van der Waals surface area contributed by atoms with Gasteiger partial charge in [-0.3, -0.25) is 4.90 Å². The van der Waals surface area contributed by atoms with Crippen molar-refractivity contribution in [2.24, 2.45) is 5.92 Å². The minimum atomic E-state index is -0.0973. The van der Waals surface area contributed by atoms with Crippen molar-refractivity contribution in [3.05, 3.63) is 0 Å². The minimum absolute atomic E-state index is 0.0973. The van der Waals surface area contributed by atoms with E-state index in [0.717, 1.165) is 13.0 Å². The summed E-state index contributed by atoms with van der Waals surface area (Å²) in [5.74, 6) is 0.682. The highest BCUT2D eigenvalue weighted by atomic mass is 16.3. The van der Waals surface area contributed by atoms with Gasteiger partial charge in [-0.2, -0.15) is 0 Å². The molecule has 0 aromatic carbocycles. The Morgan fingerprint density at radius 3 is 2.20 bits per heavy atom. The lowest BCUT2D eigenvalue weighted by molar-refractivity contribution is -0.000555. The molecule has 2 atom stereocenters. The fourth-order valence-corrected chi connectivity index (χ4v) is 2.63. The van der Waals surface area contributed by atoms with Crippen molar-refractivity contribution >= 4 is 0 Å². The van der Waals surface area contributed by atoms with Gasteiger partial charge in [0.2, 0.25) is 0 Å². The minimum Gasteiger partial charge on any atom is -0.391 e. The zero-order chi connectivity index (χ0) is 11.4. The lowest BCUT2D eigenvalue weighted by atomic mass is 9.90. The third-order valence-electron chi connectivity index (χ3n) is 3.36. The van der Waals surface area contributed by atoms with Crippen LogP contribution < -0.4 is 0 Å². The average Bonchev–Trinajstić information content (AvgIpc) is 2.15. The molecule has 1 rings (SSSR count). The quantitative estimate of drug-likeness (QED) is 0.776. The molecule has 0 aromatic heterocycles. The molecule has 0 amide bonds. The molecular weight excluding hydrogens is 186 g/mol. The number of aliphatic hydroxyl groups is 1. The standard InChI is InChI=1S/C13H27NO/c1-10(2)9-14(11(3)4)12-7-5-6-8-13(12)15/h10-13,15H,5-9H2,1-4H3/t12-,13-/m0/s1. The normalized spacial score (nSPS) is 28.0. The van der Waals surface area contributed by atoms with Crippen molar-refractivity contribution in [2.75, 3.05) is 6.54 Å². The predicted octanol–water partition coefficient (Wildman–Crippen LogP) is 2.66. The Labute approximate surface area is 94.7 Å². The molecule has 0 saturated heterocycles. The van der Waals surface area contributed by atoms with E-state index in [1.165, 1.54) is 19.3 Å². The van der Waals surface area contributed by atoms with Crippen molar-refractivity contribution in [1.82, 2.24) is 4.90 Å². The Hall–Kier alpha value is -0.0800. The Morgan fingerprint density at radius 1 is 1.13 bits per heavy atom. The van der Waals surface area contributed by atoms with Crippen LogP contribution in [0.25, 0.3) is 0 Å². The molecule has 90 valence electrons. The molecule has 1 N–H and O–H groups in total. The number of nitrogens with zero attached hydrogens (tertiary/aromatic N) is 1. The maximum atomic E-state index is 10.1. The first kappa shape index (κ1) is 13.0. The van der Waals surface area contributed by atoms with Crippen LogP contribution in [0.15, 0.2) is 0 Å². The van der Waals surface area contributed by atoms with Crippen LogP contribution in [-0.4, -0.2) is 34.7 Å². The fraction of sp³-hybridized carbons (Fsp3) is 1.00. The van der Waals surface area contributed by atoms with E-state index in [-0.39, 0.29) is 6.10 Å². The molecule has 0 spiro atoms. The smallest absolute Gasteiger partial charge is 0.0695 e. The first-order valence-electron chi connectivity index (χ1n) is 6.46. The molecule has 2 heteroatoms. The third kappa shape index (κ3) is 3.76. The van der Waals surface area contributed by atoms with E-state index in [1.54, 1.807) is 0 Å². The van der Waals surface area contributed by atoms with Crippen molar-refractivity contribution in [3.63, 3.8) is 0 Å². The predicted molar refractivity (Wildman–Crippen MR) is 64.9 cm³/mol. The summed E-state index contributed by atoms with van der Waals surface area (Å²) in [4.78, 5) is 2.49. The van der Waals surface area contributed by atoms with E-state index < -0.39 is 0 Å². The average molecular weight is 213 g/mol. The number of hydrogen-bond donors (Lipinski definition) is 1. The van der Waals surface area contributed by atoms with Crippen molar-refractivity contribution in [2.45, 2.75) is 71.6 Å². The molecule has 0 bridgehead atoms. The summed E-state index contributed by atoms with van der Waals surface area (Å²) >= 11 is 0. The van der Waals surface area contributed by atoms with Crippen LogP contribution in [0.1, 0.15) is 53.4 Å². The lowest BCUT2D eigenvalue weighted by Gasteiger charge is -2.41. The van der Waals surface area contributed by atoms with Gasteiger partial charge in [-0.25, -0.2) is 0 Å². The summed E-state index contributed by atoms with van der Waals surface area (Å²) in [6, 6.07) is 0.950. The van der Waals surface area contributed by atoms with E-state index >= 15 is 0 Å². The van der Waals surface area contributed by atoms with Gasteiger partial charge < -0.3 is 5.11 Å². The van der Waals surface area contributed by atoms with Gasteiger partial charge in [-0.1, -0.05) is 26.7 Å². The highest BCUT2D eigenvalue weighted by molar-refractivity contribution is 4.85. The van der Waals surface area contributed by atoms with E-state index in [2.05, 4.69) is 32.6 Å². The number of hydrogen-bond acceptors (Lipinski definition) is 2. The molecule has 1 saturated carbocycles. The SMILES string of the molecule is CC(C)CN(C(C)C)[C@H]1CCCC[C@@H]1O. The van der Waals surface area contributed by atoms with Crippen LogP contribution in [0.4, 0.5) is 0 Å². The summed E-state index contributed by atoms with van der Waals surface area (Å²) in [7, 11) is 0. The highest BCUT2D eigenvalue weighted by Gasteiger charge is 2.30.